The highest BCUT2D eigenvalue weighted by Gasteiger charge is 2.24. The van der Waals surface area contributed by atoms with E-state index < -0.39 is 10.0 Å². The van der Waals surface area contributed by atoms with Crippen molar-refractivity contribution in [3.8, 4) is 0 Å². The van der Waals surface area contributed by atoms with Gasteiger partial charge in [-0.1, -0.05) is 0 Å². The monoisotopic (exact) mass is 417 g/mol. The number of furan rings is 1. The van der Waals surface area contributed by atoms with Crippen molar-refractivity contribution in [2.24, 2.45) is 0 Å². The Hall–Kier alpha value is -2.22. The topological polar surface area (TPSA) is 76.4 Å². The number of nitrogens with one attached hydrogen (secondary N) is 1. The zero-order valence-corrected chi connectivity index (χ0v) is 18.2. The molecule has 0 radical (unpaired) electrons. The molecule has 1 N–H and O–H groups in total. The molecule has 0 bridgehead atoms. The quantitative estimate of drug-likeness (QED) is 0.595. The van der Waals surface area contributed by atoms with E-state index in [1.807, 2.05) is 34.6 Å². The molecule has 28 heavy (non-hydrogen) atoms. The van der Waals surface area contributed by atoms with Crippen molar-refractivity contribution in [3.63, 3.8) is 0 Å². The summed E-state index contributed by atoms with van der Waals surface area (Å²) in [5.74, 6) is 0.0615. The highest BCUT2D eigenvalue weighted by molar-refractivity contribution is 7.89. The number of benzene rings is 1. The van der Waals surface area contributed by atoms with Crippen molar-refractivity contribution in [1.82, 2.24) is 4.72 Å². The summed E-state index contributed by atoms with van der Waals surface area (Å²) < 4.78 is 33.8. The summed E-state index contributed by atoms with van der Waals surface area (Å²) in [6.45, 7) is 9.72. The Labute approximate surface area is 169 Å². The molecule has 5 nitrogen and oxygen atoms in total. The van der Waals surface area contributed by atoms with Gasteiger partial charge in [-0.25, -0.2) is 13.1 Å². The minimum absolute atomic E-state index is 0.128. The smallest absolute Gasteiger partial charge is 0.241 e. The van der Waals surface area contributed by atoms with Gasteiger partial charge in [0.2, 0.25) is 15.8 Å². The van der Waals surface area contributed by atoms with Crippen molar-refractivity contribution >= 4 is 27.1 Å². The lowest BCUT2D eigenvalue weighted by atomic mass is 9.95. The van der Waals surface area contributed by atoms with Crippen LogP contribution in [0.3, 0.4) is 0 Å². The van der Waals surface area contributed by atoms with E-state index in [4.69, 9.17) is 4.42 Å². The standard InChI is InChI=1S/C21H23NO4S2/c1-12-13(2)15(4)21(16(5)14(12)3)28(24,25)22-11-17-8-9-19(27-17)20(23)18-7-6-10-26-18/h6-10,22H,11H2,1-5H3. The molecular formula is C21H23NO4S2. The fourth-order valence-electron chi connectivity index (χ4n) is 3.23. The average Bonchev–Trinajstić information content (AvgIpc) is 3.34. The van der Waals surface area contributed by atoms with Gasteiger partial charge < -0.3 is 4.42 Å². The number of carbonyl (C=O) groups excluding carboxylic acids is 1. The molecule has 0 fully saturated rings. The summed E-state index contributed by atoms with van der Waals surface area (Å²) in [5.41, 5.74) is 4.64. The number of hydrogen-bond donors (Lipinski definition) is 1. The Morgan fingerprint density at radius 3 is 2.14 bits per heavy atom. The fourth-order valence-corrected chi connectivity index (χ4v) is 5.82. The van der Waals surface area contributed by atoms with Gasteiger partial charge in [0, 0.05) is 11.4 Å². The minimum Gasteiger partial charge on any atom is -0.461 e. The van der Waals surface area contributed by atoms with Crippen LogP contribution in [0.25, 0.3) is 0 Å². The molecule has 0 aliphatic rings. The highest BCUT2D eigenvalue weighted by atomic mass is 32.2. The van der Waals surface area contributed by atoms with Crippen LogP contribution in [-0.4, -0.2) is 14.2 Å². The Kier molecular flexibility index (Phi) is 5.61. The fraction of sp³-hybridized carbons (Fsp3) is 0.286. The van der Waals surface area contributed by atoms with E-state index in [1.165, 1.54) is 17.6 Å². The molecule has 3 rings (SSSR count). The van der Waals surface area contributed by atoms with Crippen LogP contribution in [0, 0.1) is 34.6 Å². The summed E-state index contributed by atoms with van der Waals surface area (Å²) in [7, 11) is -3.68. The number of hydrogen-bond acceptors (Lipinski definition) is 5. The highest BCUT2D eigenvalue weighted by Crippen LogP contribution is 2.30. The normalized spacial score (nSPS) is 11.8. The molecule has 0 aliphatic heterocycles. The van der Waals surface area contributed by atoms with Crippen molar-refractivity contribution in [2.75, 3.05) is 0 Å². The van der Waals surface area contributed by atoms with Crippen molar-refractivity contribution < 1.29 is 17.6 Å². The molecule has 2 aromatic heterocycles. The van der Waals surface area contributed by atoms with E-state index in [-0.39, 0.29) is 18.1 Å². The molecular weight excluding hydrogens is 394 g/mol. The van der Waals surface area contributed by atoms with Gasteiger partial charge in [0.05, 0.1) is 16.0 Å². The summed E-state index contributed by atoms with van der Waals surface area (Å²) in [5, 5.41) is 0. The van der Waals surface area contributed by atoms with Gasteiger partial charge in [-0.15, -0.1) is 11.3 Å². The molecule has 148 valence electrons. The molecule has 0 spiro atoms. The number of carbonyl (C=O) groups is 1. The van der Waals surface area contributed by atoms with E-state index in [9.17, 15) is 13.2 Å². The number of ketones is 1. The Morgan fingerprint density at radius 2 is 1.57 bits per heavy atom. The van der Waals surface area contributed by atoms with E-state index in [0.717, 1.165) is 32.7 Å². The summed E-state index contributed by atoms with van der Waals surface area (Å²) in [4.78, 5) is 13.9. The van der Waals surface area contributed by atoms with Gasteiger partial charge in [-0.3, -0.25) is 4.79 Å². The zero-order valence-electron chi connectivity index (χ0n) is 16.5. The second-order valence-electron chi connectivity index (χ2n) is 6.85. The average molecular weight is 418 g/mol. The lowest BCUT2D eigenvalue weighted by molar-refractivity contribution is 0.101. The van der Waals surface area contributed by atoms with Crippen LogP contribution in [-0.2, 0) is 16.6 Å². The molecule has 0 saturated carbocycles. The number of sulfonamides is 1. The molecule has 0 aliphatic carbocycles. The molecule has 1 aromatic carbocycles. The second kappa shape index (κ2) is 7.66. The molecule has 0 saturated heterocycles. The summed E-state index contributed by atoms with van der Waals surface area (Å²) >= 11 is 1.26. The third kappa shape index (κ3) is 3.70. The van der Waals surface area contributed by atoms with Crippen LogP contribution < -0.4 is 4.72 Å². The molecule has 3 aromatic rings. The number of rotatable bonds is 6. The van der Waals surface area contributed by atoms with E-state index in [1.54, 1.807) is 24.3 Å². The molecule has 2 heterocycles. The summed E-state index contributed by atoms with van der Waals surface area (Å²) in [6, 6.07) is 6.72. The first kappa shape index (κ1) is 20.5. The lowest BCUT2D eigenvalue weighted by Crippen LogP contribution is -2.25. The number of thiophene rings is 1. The minimum atomic E-state index is -3.68. The first-order valence-corrected chi connectivity index (χ1v) is 11.2. The van der Waals surface area contributed by atoms with Gasteiger partial charge in [0.15, 0.2) is 5.76 Å². The molecule has 7 heteroatoms. The van der Waals surface area contributed by atoms with Gasteiger partial charge in [-0.05, 0) is 86.7 Å². The van der Waals surface area contributed by atoms with E-state index in [2.05, 4.69) is 4.72 Å². The van der Waals surface area contributed by atoms with E-state index >= 15 is 0 Å². The van der Waals surface area contributed by atoms with Crippen LogP contribution >= 0.6 is 11.3 Å². The molecule has 0 atom stereocenters. The van der Waals surface area contributed by atoms with Gasteiger partial charge in [-0.2, -0.15) is 0 Å². The first-order valence-electron chi connectivity index (χ1n) is 8.87. The predicted molar refractivity (Wildman–Crippen MR) is 111 cm³/mol. The zero-order chi connectivity index (χ0) is 20.6. The first-order chi connectivity index (χ1) is 13.1. The van der Waals surface area contributed by atoms with Crippen molar-refractivity contribution in [2.45, 2.75) is 46.1 Å². The largest absolute Gasteiger partial charge is 0.461 e. The van der Waals surface area contributed by atoms with Crippen LogP contribution in [0.5, 0.6) is 0 Å². The van der Waals surface area contributed by atoms with Crippen LogP contribution in [0.15, 0.2) is 39.8 Å². The van der Waals surface area contributed by atoms with Gasteiger partial charge >= 0.3 is 0 Å². The van der Waals surface area contributed by atoms with Crippen molar-refractivity contribution in [3.05, 3.63) is 73.9 Å². The van der Waals surface area contributed by atoms with Gasteiger partial charge in [0.1, 0.15) is 0 Å². The maximum atomic E-state index is 13.0. The molecule has 0 amide bonds. The third-order valence-corrected chi connectivity index (χ3v) is 8.02. The Balaban J connectivity index is 1.83. The van der Waals surface area contributed by atoms with Crippen LogP contribution in [0.2, 0.25) is 0 Å². The Morgan fingerprint density at radius 1 is 0.964 bits per heavy atom. The maximum Gasteiger partial charge on any atom is 0.241 e. The summed E-state index contributed by atoms with van der Waals surface area (Å²) in [6.07, 6.45) is 1.45. The van der Waals surface area contributed by atoms with Crippen molar-refractivity contribution in [1.29, 1.82) is 0 Å². The predicted octanol–water partition coefficient (Wildman–Crippen LogP) is 4.59. The maximum absolute atomic E-state index is 13.0. The van der Waals surface area contributed by atoms with Gasteiger partial charge in [0.25, 0.3) is 0 Å². The third-order valence-electron chi connectivity index (χ3n) is 5.27. The lowest BCUT2D eigenvalue weighted by Gasteiger charge is -2.18. The van der Waals surface area contributed by atoms with Crippen LogP contribution in [0.4, 0.5) is 0 Å². The molecule has 0 unspecified atom stereocenters. The van der Waals surface area contributed by atoms with E-state index in [0.29, 0.717) is 9.77 Å². The Bertz CT molecular complexity index is 1110. The van der Waals surface area contributed by atoms with Crippen LogP contribution in [0.1, 0.15) is 48.1 Å². The second-order valence-corrected chi connectivity index (χ2v) is 9.72. The SMILES string of the molecule is Cc1c(C)c(C)c(S(=O)(=O)NCc2ccc(C(=O)c3ccco3)s2)c(C)c1C.